The average molecular weight is 355 g/mol. The molecule has 0 saturated carbocycles. The molecule has 6 heteroatoms. The molecule has 0 radical (unpaired) electrons. The minimum absolute atomic E-state index is 0.171. The van der Waals surface area contributed by atoms with Gasteiger partial charge in [0.2, 0.25) is 0 Å². The number of hydrogen-bond acceptors (Lipinski definition) is 6. The molecule has 0 fully saturated rings. The Morgan fingerprint density at radius 3 is 2.38 bits per heavy atom. The molecule has 0 aliphatic carbocycles. The third kappa shape index (κ3) is 5.71. The molecule has 0 atom stereocenters. The fraction of sp³-hybridized carbons (Fsp3) is 0.300. The number of methoxy groups -OCH3 is 2. The molecule has 0 aromatic heterocycles. The van der Waals surface area contributed by atoms with Crippen LogP contribution in [0.2, 0.25) is 0 Å². The van der Waals surface area contributed by atoms with Gasteiger partial charge in [0.25, 0.3) is 0 Å². The summed E-state index contributed by atoms with van der Waals surface area (Å²) in [6.45, 7) is 0.429. The number of carbonyl (C=O) groups excluding carboxylic acids is 1. The third-order valence-electron chi connectivity index (χ3n) is 3.66. The number of benzene rings is 2. The third-order valence-corrected chi connectivity index (χ3v) is 3.66. The molecule has 0 amide bonds. The van der Waals surface area contributed by atoms with Crippen molar-refractivity contribution in [2.45, 2.75) is 12.8 Å². The van der Waals surface area contributed by atoms with E-state index < -0.39 is 0 Å². The summed E-state index contributed by atoms with van der Waals surface area (Å²) in [6.07, 6.45) is 0.821. The van der Waals surface area contributed by atoms with Crippen molar-refractivity contribution in [3.8, 4) is 23.3 Å². The van der Waals surface area contributed by atoms with E-state index in [4.69, 9.17) is 24.2 Å². The van der Waals surface area contributed by atoms with E-state index in [1.807, 2.05) is 24.3 Å². The van der Waals surface area contributed by atoms with Crippen LogP contribution in [-0.2, 0) is 16.0 Å². The molecular weight excluding hydrogens is 334 g/mol. The zero-order valence-corrected chi connectivity index (χ0v) is 14.9. The summed E-state index contributed by atoms with van der Waals surface area (Å²) in [5.74, 6) is 1.63. The summed E-state index contributed by atoms with van der Waals surface area (Å²) in [6, 6.07) is 14.3. The van der Waals surface area contributed by atoms with Crippen LogP contribution in [-0.4, -0.2) is 33.4 Å². The van der Waals surface area contributed by atoms with Gasteiger partial charge in [0.05, 0.1) is 25.9 Å². The number of hydrogen-bond donors (Lipinski definition) is 0. The molecule has 0 bridgehead atoms. The van der Waals surface area contributed by atoms with Crippen LogP contribution in [0.3, 0.4) is 0 Å². The molecular formula is C20H21NO5. The van der Waals surface area contributed by atoms with Crippen molar-refractivity contribution in [3.63, 3.8) is 0 Å². The van der Waals surface area contributed by atoms with E-state index in [1.165, 1.54) is 0 Å². The molecule has 0 N–H and O–H groups in total. The lowest BCUT2D eigenvalue weighted by atomic mass is 10.1. The molecule has 6 nitrogen and oxygen atoms in total. The van der Waals surface area contributed by atoms with Crippen molar-refractivity contribution < 1.29 is 23.7 Å². The summed E-state index contributed by atoms with van der Waals surface area (Å²) in [5, 5.41) is 8.73. The molecule has 0 spiro atoms. The van der Waals surface area contributed by atoms with E-state index >= 15 is 0 Å². The van der Waals surface area contributed by atoms with Crippen LogP contribution in [0.1, 0.15) is 17.5 Å². The lowest BCUT2D eigenvalue weighted by Crippen LogP contribution is -2.12. The number of esters is 1. The predicted molar refractivity (Wildman–Crippen MR) is 95.5 cm³/mol. The van der Waals surface area contributed by atoms with Gasteiger partial charge in [-0.2, -0.15) is 5.26 Å². The first kappa shape index (κ1) is 19.1. The zero-order valence-electron chi connectivity index (χ0n) is 14.9. The second-order valence-electron chi connectivity index (χ2n) is 5.39. The van der Waals surface area contributed by atoms with Crippen molar-refractivity contribution in [3.05, 3.63) is 53.6 Å². The number of aryl methyl sites for hydroxylation is 1. The van der Waals surface area contributed by atoms with E-state index in [2.05, 4.69) is 0 Å². The summed E-state index contributed by atoms with van der Waals surface area (Å²) in [7, 11) is 3.15. The van der Waals surface area contributed by atoms with Gasteiger partial charge < -0.3 is 18.9 Å². The van der Waals surface area contributed by atoms with Crippen molar-refractivity contribution in [2.24, 2.45) is 0 Å². The highest BCUT2D eigenvalue weighted by Crippen LogP contribution is 2.27. The number of rotatable bonds is 9. The Bertz CT molecular complexity index is 765. The van der Waals surface area contributed by atoms with Gasteiger partial charge in [-0.05, 0) is 48.4 Å². The first-order chi connectivity index (χ1) is 12.7. The lowest BCUT2D eigenvalue weighted by Gasteiger charge is -2.10. The average Bonchev–Trinajstić information content (AvgIpc) is 2.69. The summed E-state index contributed by atoms with van der Waals surface area (Å²) in [5.41, 5.74) is 1.53. The first-order valence-electron chi connectivity index (χ1n) is 8.15. The Morgan fingerprint density at radius 2 is 1.73 bits per heavy atom. The topological polar surface area (TPSA) is 77.8 Å². The van der Waals surface area contributed by atoms with Crippen molar-refractivity contribution in [2.75, 3.05) is 27.4 Å². The SMILES string of the molecule is COc1ccc(CCC(=O)OCCOc2ccc(C#N)cc2)cc1OC. The molecule has 26 heavy (non-hydrogen) atoms. The van der Waals surface area contributed by atoms with Crippen LogP contribution in [0.5, 0.6) is 17.2 Å². The maximum atomic E-state index is 11.8. The largest absolute Gasteiger partial charge is 0.493 e. The highest BCUT2D eigenvalue weighted by atomic mass is 16.6. The number of ether oxygens (including phenoxy) is 4. The molecule has 0 heterocycles. The van der Waals surface area contributed by atoms with Crippen LogP contribution in [0.4, 0.5) is 0 Å². The van der Waals surface area contributed by atoms with E-state index in [0.29, 0.717) is 29.2 Å². The van der Waals surface area contributed by atoms with Crippen molar-refractivity contribution in [1.29, 1.82) is 5.26 Å². The highest BCUT2D eigenvalue weighted by molar-refractivity contribution is 5.69. The first-order valence-corrected chi connectivity index (χ1v) is 8.15. The fourth-order valence-corrected chi connectivity index (χ4v) is 2.30. The van der Waals surface area contributed by atoms with Crippen molar-refractivity contribution >= 4 is 5.97 Å². The van der Waals surface area contributed by atoms with Crippen LogP contribution in [0.25, 0.3) is 0 Å². The van der Waals surface area contributed by atoms with Crippen molar-refractivity contribution in [1.82, 2.24) is 0 Å². The molecule has 136 valence electrons. The zero-order chi connectivity index (χ0) is 18.8. The summed E-state index contributed by atoms with van der Waals surface area (Å²) >= 11 is 0. The van der Waals surface area contributed by atoms with Gasteiger partial charge in [0.1, 0.15) is 19.0 Å². The van der Waals surface area contributed by atoms with E-state index in [1.54, 1.807) is 38.5 Å². The van der Waals surface area contributed by atoms with Crippen LogP contribution in [0, 0.1) is 11.3 Å². The molecule has 0 saturated heterocycles. The Balaban J connectivity index is 1.69. The Labute approximate surface area is 152 Å². The van der Waals surface area contributed by atoms with Gasteiger partial charge >= 0.3 is 5.97 Å². The standard InChI is InChI=1S/C20H21NO5/c1-23-18-9-5-15(13-19(18)24-2)6-10-20(22)26-12-11-25-17-7-3-16(14-21)4-8-17/h3-5,7-9,13H,6,10-12H2,1-2H3. The van der Waals surface area contributed by atoms with Gasteiger partial charge in [0, 0.05) is 6.42 Å². The van der Waals surface area contributed by atoms with Crippen LogP contribution < -0.4 is 14.2 Å². The number of nitrogens with zero attached hydrogens (tertiary/aromatic N) is 1. The molecule has 2 aromatic rings. The predicted octanol–water partition coefficient (Wildman–Crippen LogP) is 3.13. The van der Waals surface area contributed by atoms with Gasteiger partial charge in [-0.1, -0.05) is 6.07 Å². The van der Waals surface area contributed by atoms with Gasteiger partial charge in [-0.25, -0.2) is 0 Å². The fourth-order valence-electron chi connectivity index (χ4n) is 2.30. The summed E-state index contributed by atoms with van der Waals surface area (Å²) in [4.78, 5) is 11.8. The van der Waals surface area contributed by atoms with Gasteiger partial charge in [-0.15, -0.1) is 0 Å². The minimum Gasteiger partial charge on any atom is -0.493 e. The maximum Gasteiger partial charge on any atom is 0.306 e. The number of carbonyl (C=O) groups is 1. The minimum atomic E-state index is -0.289. The molecule has 2 aromatic carbocycles. The monoisotopic (exact) mass is 355 g/mol. The Kier molecular flexibility index (Phi) is 7.31. The van der Waals surface area contributed by atoms with Crippen LogP contribution >= 0.6 is 0 Å². The van der Waals surface area contributed by atoms with Gasteiger partial charge in [0.15, 0.2) is 11.5 Å². The summed E-state index contributed by atoms with van der Waals surface area (Å²) < 4.78 is 21.0. The Morgan fingerprint density at radius 1 is 1.00 bits per heavy atom. The molecule has 0 unspecified atom stereocenters. The maximum absolute atomic E-state index is 11.8. The second-order valence-corrected chi connectivity index (χ2v) is 5.39. The highest BCUT2D eigenvalue weighted by Gasteiger charge is 2.08. The second kappa shape index (κ2) is 9.94. The lowest BCUT2D eigenvalue weighted by molar-refractivity contribution is -0.144. The van der Waals surface area contributed by atoms with E-state index in [9.17, 15) is 4.79 Å². The number of nitriles is 1. The quantitative estimate of drug-likeness (QED) is 0.508. The van der Waals surface area contributed by atoms with Gasteiger partial charge in [-0.3, -0.25) is 4.79 Å². The molecule has 2 rings (SSSR count). The van der Waals surface area contributed by atoms with Crippen LogP contribution in [0.15, 0.2) is 42.5 Å². The molecule has 0 aliphatic heterocycles. The smallest absolute Gasteiger partial charge is 0.306 e. The van der Waals surface area contributed by atoms with E-state index in [-0.39, 0.29) is 25.6 Å². The Hall–Kier alpha value is -3.20. The molecule has 0 aliphatic rings. The normalized spacial score (nSPS) is 9.88. The van der Waals surface area contributed by atoms with E-state index in [0.717, 1.165) is 5.56 Å².